The second kappa shape index (κ2) is 6.64. The molecule has 1 N–H and O–H groups in total. The Balaban J connectivity index is 1.58. The number of hydrogen-bond donors (Lipinski definition) is 1. The summed E-state index contributed by atoms with van der Waals surface area (Å²) in [6, 6.07) is 0. The zero-order chi connectivity index (χ0) is 23.5. The van der Waals surface area contributed by atoms with E-state index in [1.165, 1.54) is 38.5 Å². The minimum absolute atomic E-state index is 0.0242. The maximum absolute atomic E-state index is 12.7. The maximum Gasteiger partial charge on any atom is 0.136 e. The van der Waals surface area contributed by atoms with Gasteiger partial charge in [0.25, 0.3) is 0 Å². The molecule has 10 atom stereocenters. The summed E-state index contributed by atoms with van der Waals surface area (Å²) in [7, 11) is 0. The average Bonchev–Trinajstić information content (AvgIpc) is 2.70. The normalized spacial score (nSPS) is 59.4. The van der Waals surface area contributed by atoms with Crippen molar-refractivity contribution in [3.05, 3.63) is 0 Å². The van der Waals surface area contributed by atoms with E-state index in [4.69, 9.17) is 0 Å². The Labute approximate surface area is 197 Å². The molecular weight excluding hydrogens is 392 g/mol. The molecule has 0 aromatic heterocycles. The molecule has 2 nitrogen and oxygen atoms in total. The van der Waals surface area contributed by atoms with Gasteiger partial charge in [0.05, 0.1) is 6.10 Å². The highest BCUT2D eigenvalue weighted by Crippen LogP contribution is 2.78. The summed E-state index contributed by atoms with van der Waals surface area (Å²) in [6.45, 7) is 19.8. The molecule has 0 radical (unpaired) electrons. The highest BCUT2D eigenvalue weighted by molar-refractivity contribution is 5.82. The Morgan fingerprint density at radius 3 is 2.12 bits per heavy atom. The van der Waals surface area contributed by atoms with Crippen molar-refractivity contribution < 1.29 is 9.90 Å². The number of rotatable bonds is 0. The minimum Gasteiger partial charge on any atom is -0.393 e. The molecule has 0 heterocycles. The van der Waals surface area contributed by atoms with Gasteiger partial charge < -0.3 is 5.11 Å². The molecule has 0 unspecified atom stereocenters. The van der Waals surface area contributed by atoms with Crippen LogP contribution in [0.1, 0.15) is 120 Å². The lowest BCUT2D eigenvalue weighted by Crippen LogP contribution is -2.71. The van der Waals surface area contributed by atoms with E-state index in [0.717, 1.165) is 25.7 Å². The molecule has 0 saturated heterocycles. The fourth-order valence-corrected chi connectivity index (χ4v) is 11.3. The molecule has 0 amide bonds. The van der Waals surface area contributed by atoms with E-state index in [-0.39, 0.29) is 39.1 Å². The third-order valence-electron chi connectivity index (χ3n) is 13.7. The van der Waals surface area contributed by atoms with Gasteiger partial charge >= 0.3 is 0 Å². The lowest BCUT2D eigenvalue weighted by Gasteiger charge is -2.75. The van der Waals surface area contributed by atoms with Crippen LogP contribution < -0.4 is 0 Å². The first-order chi connectivity index (χ1) is 14.6. The quantitative estimate of drug-likeness (QED) is 0.423. The van der Waals surface area contributed by atoms with Crippen LogP contribution in [0.3, 0.4) is 0 Å². The smallest absolute Gasteiger partial charge is 0.136 e. The summed E-state index contributed by atoms with van der Waals surface area (Å²) < 4.78 is 0. The number of aliphatic hydroxyl groups excluding tert-OH is 1. The van der Waals surface area contributed by atoms with Crippen LogP contribution in [0, 0.1) is 56.2 Å². The Bertz CT molecular complexity index is 816. The van der Waals surface area contributed by atoms with E-state index in [2.05, 4.69) is 55.4 Å². The Morgan fingerprint density at radius 1 is 0.750 bits per heavy atom. The highest BCUT2D eigenvalue weighted by Gasteiger charge is 2.73. The van der Waals surface area contributed by atoms with Crippen molar-refractivity contribution in [3.8, 4) is 0 Å². The van der Waals surface area contributed by atoms with E-state index >= 15 is 0 Å². The Hall–Kier alpha value is -0.370. The first-order valence-electron chi connectivity index (χ1n) is 13.8. The summed E-state index contributed by atoms with van der Waals surface area (Å²) in [5.74, 6) is 2.58. The molecule has 5 saturated carbocycles. The van der Waals surface area contributed by atoms with Gasteiger partial charge in [-0.15, -0.1) is 0 Å². The summed E-state index contributed by atoms with van der Waals surface area (Å²) in [6.07, 6.45) is 11.4. The number of ketones is 1. The van der Waals surface area contributed by atoms with Gasteiger partial charge in [0.1, 0.15) is 5.78 Å². The highest BCUT2D eigenvalue weighted by atomic mass is 16.3. The predicted octanol–water partition coefficient (Wildman–Crippen LogP) is 7.43. The van der Waals surface area contributed by atoms with Crippen LogP contribution >= 0.6 is 0 Å². The summed E-state index contributed by atoms with van der Waals surface area (Å²) in [5.41, 5.74) is 1.27. The number of Topliss-reactive ketones (excluding diaryl/α,β-unsaturated/α-hetero) is 1. The summed E-state index contributed by atoms with van der Waals surface area (Å²) in [4.78, 5) is 12.7. The summed E-state index contributed by atoms with van der Waals surface area (Å²) in [5, 5.41) is 12.0. The van der Waals surface area contributed by atoms with Crippen LogP contribution in [0.5, 0.6) is 0 Å². The van der Waals surface area contributed by atoms with Crippen molar-refractivity contribution in [2.45, 2.75) is 126 Å². The topological polar surface area (TPSA) is 37.3 Å². The molecule has 5 rings (SSSR count). The SMILES string of the molecule is C[C@H]1C(=O)CC[C@@H]2[C@]1(C)CC[C@H]1[C@@]2(C)CC[C@@]2(C)[C@@H]3CC(C)(C)CC[C@]3(C)C[C@H](O)[C@]12C. The van der Waals surface area contributed by atoms with E-state index in [1.54, 1.807) is 0 Å². The van der Waals surface area contributed by atoms with E-state index in [1.807, 2.05) is 0 Å². The summed E-state index contributed by atoms with van der Waals surface area (Å²) >= 11 is 0. The van der Waals surface area contributed by atoms with Gasteiger partial charge in [-0.25, -0.2) is 0 Å². The van der Waals surface area contributed by atoms with Gasteiger partial charge in [-0.05, 0) is 103 Å². The van der Waals surface area contributed by atoms with Crippen LogP contribution in [-0.2, 0) is 4.79 Å². The van der Waals surface area contributed by atoms with Crippen molar-refractivity contribution in [1.82, 2.24) is 0 Å². The first-order valence-corrected chi connectivity index (χ1v) is 13.8. The molecule has 0 spiro atoms. The number of aliphatic hydroxyl groups is 1. The van der Waals surface area contributed by atoms with Gasteiger partial charge in [-0.2, -0.15) is 0 Å². The van der Waals surface area contributed by atoms with Crippen molar-refractivity contribution in [3.63, 3.8) is 0 Å². The number of hydrogen-bond acceptors (Lipinski definition) is 2. The molecule has 5 fully saturated rings. The number of carbonyl (C=O) groups is 1. The monoisotopic (exact) mass is 442 g/mol. The van der Waals surface area contributed by atoms with Crippen LogP contribution in [-0.4, -0.2) is 17.0 Å². The van der Waals surface area contributed by atoms with Crippen LogP contribution in [0.25, 0.3) is 0 Å². The van der Waals surface area contributed by atoms with Crippen molar-refractivity contribution >= 4 is 5.78 Å². The molecule has 5 aliphatic carbocycles. The fourth-order valence-electron chi connectivity index (χ4n) is 11.3. The number of fused-ring (bicyclic) bond motifs is 7. The lowest BCUT2D eigenvalue weighted by molar-refractivity contribution is -0.290. The molecule has 0 aliphatic heterocycles. The largest absolute Gasteiger partial charge is 0.393 e. The van der Waals surface area contributed by atoms with Crippen molar-refractivity contribution in [2.75, 3.05) is 0 Å². The molecule has 2 heteroatoms. The third kappa shape index (κ3) is 2.66. The zero-order valence-corrected chi connectivity index (χ0v) is 22.3. The van der Waals surface area contributed by atoms with Crippen LogP contribution in [0.15, 0.2) is 0 Å². The standard InChI is InChI=1S/C30H50O2/c1-19-20(31)9-10-21-27(19,5)12-11-22-28(21,6)15-16-29(7)23-17-25(2,3)13-14-26(23,4)18-24(32)30(22,29)8/h19,21-24,32H,9-18H2,1-8H3/t19-,21+,22-,23+,24-,26+,27+,28-,29-,30-/m0/s1. The van der Waals surface area contributed by atoms with E-state index < -0.39 is 0 Å². The van der Waals surface area contributed by atoms with Crippen LogP contribution in [0.4, 0.5) is 0 Å². The minimum atomic E-state index is -0.202. The molecule has 0 aromatic carbocycles. The second-order valence-corrected chi connectivity index (χ2v) is 15.4. The Kier molecular flexibility index (Phi) is 4.85. The third-order valence-corrected chi connectivity index (χ3v) is 13.7. The molecule has 5 aliphatic rings. The van der Waals surface area contributed by atoms with E-state index in [0.29, 0.717) is 29.0 Å². The van der Waals surface area contributed by atoms with E-state index in [9.17, 15) is 9.90 Å². The predicted molar refractivity (Wildman–Crippen MR) is 131 cm³/mol. The maximum atomic E-state index is 12.7. The van der Waals surface area contributed by atoms with Crippen molar-refractivity contribution in [2.24, 2.45) is 56.2 Å². The number of carbonyl (C=O) groups excluding carboxylic acids is 1. The molecule has 0 bridgehead atoms. The second-order valence-electron chi connectivity index (χ2n) is 15.4. The van der Waals surface area contributed by atoms with Crippen LogP contribution in [0.2, 0.25) is 0 Å². The lowest BCUT2D eigenvalue weighted by atomic mass is 9.29. The average molecular weight is 443 g/mol. The Morgan fingerprint density at radius 2 is 1.44 bits per heavy atom. The molecular formula is C30H50O2. The molecule has 32 heavy (non-hydrogen) atoms. The van der Waals surface area contributed by atoms with Gasteiger partial charge in [-0.3, -0.25) is 4.79 Å². The molecule has 0 aromatic rings. The van der Waals surface area contributed by atoms with Crippen molar-refractivity contribution in [1.29, 1.82) is 0 Å². The fraction of sp³-hybridized carbons (Fsp3) is 0.967. The molecule has 182 valence electrons. The zero-order valence-electron chi connectivity index (χ0n) is 22.3. The first kappa shape index (κ1) is 23.4. The van der Waals surface area contributed by atoms with Gasteiger partial charge in [0.15, 0.2) is 0 Å². The van der Waals surface area contributed by atoms with Gasteiger partial charge in [0, 0.05) is 17.8 Å². The van der Waals surface area contributed by atoms with Gasteiger partial charge in [0.2, 0.25) is 0 Å². The van der Waals surface area contributed by atoms with Gasteiger partial charge in [-0.1, -0.05) is 55.4 Å².